The first-order valence-corrected chi connectivity index (χ1v) is 7.18. The standard InChI is InChI=1S/C16H12BrFN2O/c1-9-6-12(17)13(18)8-14(9)20-16(21)11-3-2-10-4-5-19-15(10)7-11/h2-8,19H,1H3,(H,20,21). The van der Waals surface area contributed by atoms with Gasteiger partial charge in [0, 0.05) is 23.0 Å². The Morgan fingerprint density at radius 3 is 2.86 bits per heavy atom. The number of hydrogen-bond acceptors (Lipinski definition) is 1. The average molecular weight is 347 g/mol. The van der Waals surface area contributed by atoms with Crippen LogP contribution < -0.4 is 5.32 Å². The Labute approximate surface area is 129 Å². The zero-order chi connectivity index (χ0) is 15.0. The highest BCUT2D eigenvalue weighted by Crippen LogP contribution is 2.24. The fourth-order valence-electron chi connectivity index (χ4n) is 2.16. The predicted octanol–water partition coefficient (Wildman–Crippen LogP) is 4.63. The highest BCUT2D eigenvalue weighted by Gasteiger charge is 2.11. The van der Waals surface area contributed by atoms with E-state index in [9.17, 15) is 9.18 Å². The number of nitrogens with one attached hydrogen (secondary N) is 2. The minimum Gasteiger partial charge on any atom is -0.361 e. The number of aromatic amines is 1. The first kappa shape index (κ1) is 13.8. The van der Waals surface area contributed by atoms with Gasteiger partial charge in [-0.05, 0) is 64.1 Å². The summed E-state index contributed by atoms with van der Waals surface area (Å²) in [7, 11) is 0. The summed E-state index contributed by atoms with van der Waals surface area (Å²) in [6, 6.07) is 10.3. The van der Waals surface area contributed by atoms with Gasteiger partial charge in [-0.1, -0.05) is 6.07 Å². The van der Waals surface area contributed by atoms with Crippen LogP contribution in [0.5, 0.6) is 0 Å². The number of aryl methyl sites for hydroxylation is 1. The second kappa shape index (κ2) is 5.33. The van der Waals surface area contributed by atoms with Gasteiger partial charge in [0.1, 0.15) is 5.82 Å². The first-order chi connectivity index (χ1) is 10.0. The molecule has 1 amide bonds. The monoisotopic (exact) mass is 346 g/mol. The van der Waals surface area contributed by atoms with Crippen LogP contribution in [0.1, 0.15) is 15.9 Å². The Bertz CT molecular complexity index is 841. The third kappa shape index (κ3) is 2.69. The minimum atomic E-state index is -0.407. The molecule has 5 heteroatoms. The molecule has 0 aliphatic rings. The molecule has 0 spiro atoms. The summed E-state index contributed by atoms with van der Waals surface area (Å²) < 4.78 is 14.0. The van der Waals surface area contributed by atoms with E-state index in [0.29, 0.717) is 15.7 Å². The molecule has 0 radical (unpaired) electrons. The summed E-state index contributed by atoms with van der Waals surface area (Å²) in [5.41, 5.74) is 2.67. The van der Waals surface area contributed by atoms with Gasteiger partial charge in [-0.25, -0.2) is 4.39 Å². The predicted molar refractivity (Wildman–Crippen MR) is 85.1 cm³/mol. The molecule has 0 fully saturated rings. The third-order valence-electron chi connectivity index (χ3n) is 3.33. The van der Waals surface area contributed by atoms with Crippen LogP contribution in [0.25, 0.3) is 10.9 Å². The van der Waals surface area contributed by atoms with Gasteiger partial charge < -0.3 is 10.3 Å². The van der Waals surface area contributed by atoms with E-state index < -0.39 is 5.82 Å². The number of aromatic nitrogens is 1. The third-order valence-corrected chi connectivity index (χ3v) is 3.94. The van der Waals surface area contributed by atoms with E-state index in [1.807, 2.05) is 25.3 Å². The van der Waals surface area contributed by atoms with Crippen LogP contribution in [0.2, 0.25) is 0 Å². The van der Waals surface area contributed by atoms with Crippen molar-refractivity contribution in [2.24, 2.45) is 0 Å². The van der Waals surface area contributed by atoms with E-state index in [0.717, 1.165) is 16.5 Å². The topological polar surface area (TPSA) is 44.9 Å². The van der Waals surface area contributed by atoms with Gasteiger partial charge in [0.15, 0.2) is 0 Å². The van der Waals surface area contributed by atoms with Crippen LogP contribution in [0.4, 0.5) is 10.1 Å². The molecule has 106 valence electrons. The molecule has 0 unspecified atom stereocenters. The molecule has 3 aromatic rings. The number of carbonyl (C=O) groups excluding carboxylic acids is 1. The van der Waals surface area contributed by atoms with Crippen LogP contribution in [-0.2, 0) is 0 Å². The highest BCUT2D eigenvalue weighted by molar-refractivity contribution is 9.10. The molecule has 0 bridgehead atoms. The van der Waals surface area contributed by atoms with Crippen molar-refractivity contribution in [2.45, 2.75) is 6.92 Å². The average Bonchev–Trinajstić information content (AvgIpc) is 2.92. The van der Waals surface area contributed by atoms with Gasteiger partial charge in [-0.15, -0.1) is 0 Å². The number of carbonyl (C=O) groups is 1. The molecule has 0 aliphatic heterocycles. The maximum absolute atomic E-state index is 13.6. The van der Waals surface area contributed by atoms with Crippen LogP contribution in [-0.4, -0.2) is 10.9 Å². The molecule has 2 aromatic carbocycles. The van der Waals surface area contributed by atoms with Gasteiger partial charge >= 0.3 is 0 Å². The normalized spacial score (nSPS) is 10.8. The number of halogens is 2. The van der Waals surface area contributed by atoms with E-state index in [1.165, 1.54) is 6.07 Å². The smallest absolute Gasteiger partial charge is 0.255 e. The lowest BCUT2D eigenvalue weighted by molar-refractivity contribution is 0.102. The number of anilines is 1. The maximum Gasteiger partial charge on any atom is 0.255 e. The zero-order valence-electron chi connectivity index (χ0n) is 11.2. The van der Waals surface area contributed by atoms with Gasteiger partial charge in [0.2, 0.25) is 0 Å². The van der Waals surface area contributed by atoms with Crippen molar-refractivity contribution in [3.63, 3.8) is 0 Å². The van der Waals surface area contributed by atoms with Crippen molar-refractivity contribution in [2.75, 3.05) is 5.32 Å². The van der Waals surface area contributed by atoms with Crippen LogP contribution >= 0.6 is 15.9 Å². The number of hydrogen-bond donors (Lipinski definition) is 2. The van der Waals surface area contributed by atoms with Gasteiger partial charge in [-0.3, -0.25) is 4.79 Å². The first-order valence-electron chi connectivity index (χ1n) is 6.39. The van der Waals surface area contributed by atoms with E-state index in [4.69, 9.17) is 0 Å². The highest BCUT2D eigenvalue weighted by atomic mass is 79.9. The van der Waals surface area contributed by atoms with Gasteiger partial charge in [-0.2, -0.15) is 0 Å². The molecular formula is C16H12BrFN2O. The van der Waals surface area contributed by atoms with E-state index in [1.54, 1.807) is 18.2 Å². The van der Waals surface area contributed by atoms with E-state index >= 15 is 0 Å². The van der Waals surface area contributed by atoms with Crippen molar-refractivity contribution in [1.29, 1.82) is 0 Å². The van der Waals surface area contributed by atoms with Gasteiger partial charge in [0.05, 0.1) is 4.47 Å². The van der Waals surface area contributed by atoms with Gasteiger partial charge in [0.25, 0.3) is 5.91 Å². The number of fused-ring (bicyclic) bond motifs is 1. The molecule has 0 aliphatic carbocycles. The quantitative estimate of drug-likeness (QED) is 0.698. The van der Waals surface area contributed by atoms with E-state index in [-0.39, 0.29) is 5.91 Å². The minimum absolute atomic E-state index is 0.267. The SMILES string of the molecule is Cc1cc(Br)c(F)cc1NC(=O)c1ccc2cc[nH]c2c1. The fourth-order valence-corrected chi connectivity index (χ4v) is 2.62. The Kier molecular flexibility index (Phi) is 3.51. The van der Waals surface area contributed by atoms with E-state index in [2.05, 4.69) is 26.2 Å². The van der Waals surface area contributed by atoms with Crippen molar-refractivity contribution in [3.8, 4) is 0 Å². The van der Waals surface area contributed by atoms with Crippen molar-refractivity contribution in [3.05, 3.63) is 64.0 Å². The lowest BCUT2D eigenvalue weighted by atomic mass is 10.1. The molecule has 0 saturated carbocycles. The number of H-pyrrole nitrogens is 1. The summed E-state index contributed by atoms with van der Waals surface area (Å²) in [6.45, 7) is 1.81. The molecule has 0 atom stereocenters. The lowest BCUT2D eigenvalue weighted by Crippen LogP contribution is -2.13. The number of benzene rings is 2. The second-order valence-corrected chi connectivity index (χ2v) is 5.67. The van der Waals surface area contributed by atoms with Crippen LogP contribution in [0, 0.1) is 12.7 Å². The summed E-state index contributed by atoms with van der Waals surface area (Å²) in [5.74, 6) is -0.674. The summed E-state index contributed by atoms with van der Waals surface area (Å²) in [4.78, 5) is 15.3. The molecule has 21 heavy (non-hydrogen) atoms. The Morgan fingerprint density at radius 1 is 1.24 bits per heavy atom. The Balaban J connectivity index is 1.90. The van der Waals surface area contributed by atoms with Crippen molar-refractivity contribution >= 4 is 38.4 Å². The molecule has 0 saturated heterocycles. The molecule has 2 N–H and O–H groups in total. The molecule has 1 heterocycles. The summed E-state index contributed by atoms with van der Waals surface area (Å²) >= 11 is 3.12. The van der Waals surface area contributed by atoms with Crippen molar-refractivity contribution < 1.29 is 9.18 Å². The molecule has 3 rings (SSSR count). The van der Waals surface area contributed by atoms with Crippen molar-refractivity contribution in [1.82, 2.24) is 4.98 Å². The number of rotatable bonds is 2. The maximum atomic E-state index is 13.6. The Hall–Kier alpha value is -2.14. The second-order valence-electron chi connectivity index (χ2n) is 4.82. The Morgan fingerprint density at radius 2 is 2.05 bits per heavy atom. The van der Waals surface area contributed by atoms with Crippen LogP contribution in [0.3, 0.4) is 0 Å². The molecule has 1 aromatic heterocycles. The molecular weight excluding hydrogens is 335 g/mol. The number of amides is 1. The summed E-state index contributed by atoms with van der Waals surface area (Å²) in [6.07, 6.45) is 1.82. The summed E-state index contributed by atoms with van der Waals surface area (Å²) in [5, 5.41) is 3.78. The molecule has 3 nitrogen and oxygen atoms in total. The van der Waals surface area contributed by atoms with Crippen LogP contribution in [0.15, 0.2) is 47.1 Å². The largest absolute Gasteiger partial charge is 0.361 e. The lowest BCUT2D eigenvalue weighted by Gasteiger charge is -2.09. The fraction of sp³-hybridized carbons (Fsp3) is 0.0625. The zero-order valence-corrected chi connectivity index (χ0v) is 12.8.